The van der Waals surface area contributed by atoms with E-state index in [9.17, 15) is 0 Å². The van der Waals surface area contributed by atoms with Crippen LogP contribution in [0.1, 0.15) is 12.5 Å². The number of methoxy groups -OCH3 is 1. The monoisotopic (exact) mass is 208 g/mol. The fraction of sp³-hybridized carbons (Fsp3) is 0.500. The van der Waals surface area contributed by atoms with Crippen molar-refractivity contribution in [1.29, 1.82) is 0 Å². The number of nitrogens with two attached hydrogens (primary N) is 1. The molecular weight excluding hydrogens is 188 g/mol. The highest BCUT2D eigenvalue weighted by molar-refractivity contribution is 5.48. The summed E-state index contributed by atoms with van der Waals surface area (Å²) in [6.07, 6.45) is 0. The Morgan fingerprint density at radius 2 is 2.20 bits per heavy atom. The van der Waals surface area contributed by atoms with Crippen LogP contribution < -0.4 is 10.6 Å². The van der Waals surface area contributed by atoms with E-state index in [2.05, 4.69) is 31.0 Å². The molecule has 15 heavy (non-hydrogen) atoms. The van der Waals surface area contributed by atoms with Gasteiger partial charge in [0.2, 0.25) is 0 Å². The first-order valence-corrected chi connectivity index (χ1v) is 5.19. The second-order valence-electron chi connectivity index (χ2n) is 3.79. The van der Waals surface area contributed by atoms with Gasteiger partial charge in [-0.2, -0.15) is 0 Å². The molecule has 3 heteroatoms. The summed E-state index contributed by atoms with van der Waals surface area (Å²) in [4.78, 5) is 2.20. The molecule has 1 unspecified atom stereocenters. The molecule has 0 saturated carbocycles. The molecule has 84 valence electrons. The summed E-state index contributed by atoms with van der Waals surface area (Å²) < 4.78 is 5.14. The van der Waals surface area contributed by atoms with Crippen LogP contribution >= 0.6 is 0 Å². The Kier molecular flexibility index (Phi) is 4.59. The van der Waals surface area contributed by atoms with E-state index in [1.54, 1.807) is 7.11 Å². The summed E-state index contributed by atoms with van der Waals surface area (Å²) in [5.74, 6) is 0. The minimum absolute atomic E-state index is 0.364. The third kappa shape index (κ3) is 3.22. The second-order valence-corrected chi connectivity index (χ2v) is 3.79. The summed E-state index contributed by atoms with van der Waals surface area (Å²) in [5, 5.41) is 0. The number of nitrogens with zero attached hydrogens (tertiary/aromatic N) is 1. The number of hydrogen-bond donors (Lipinski definition) is 1. The minimum Gasteiger partial charge on any atom is -0.383 e. The topological polar surface area (TPSA) is 38.5 Å². The molecule has 0 aliphatic carbocycles. The molecule has 0 amide bonds. The Hall–Kier alpha value is -1.06. The third-order valence-corrected chi connectivity index (χ3v) is 2.62. The molecule has 1 aromatic carbocycles. The molecule has 0 bridgehead atoms. The van der Waals surface area contributed by atoms with Gasteiger partial charge in [-0.15, -0.1) is 0 Å². The zero-order chi connectivity index (χ0) is 11.3. The Morgan fingerprint density at radius 3 is 2.80 bits per heavy atom. The van der Waals surface area contributed by atoms with Crippen LogP contribution in [0, 0.1) is 0 Å². The van der Waals surface area contributed by atoms with Crippen molar-refractivity contribution in [3.05, 3.63) is 29.8 Å². The van der Waals surface area contributed by atoms with E-state index in [0.29, 0.717) is 12.6 Å². The van der Waals surface area contributed by atoms with Gasteiger partial charge in [0.25, 0.3) is 0 Å². The Balaban J connectivity index is 2.76. The van der Waals surface area contributed by atoms with Gasteiger partial charge in [0.15, 0.2) is 0 Å². The lowest BCUT2D eigenvalue weighted by Crippen LogP contribution is -2.32. The quantitative estimate of drug-likeness (QED) is 0.799. The van der Waals surface area contributed by atoms with Crippen LogP contribution in [-0.4, -0.2) is 26.8 Å². The second kappa shape index (κ2) is 5.73. The van der Waals surface area contributed by atoms with Crippen LogP contribution in [0.15, 0.2) is 24.3 Å². The summed E-state index contributed by atoms with van der Waals surface area (Å²) in [6, 6.07) is 8.65. The Labute approximate surface area is 91.8 Å². The summed E-state index contributed by atoms with van der Waals surface area (Å²) in [5.41, 5.74) is 7.95. The molecule has 0 spiro atoms. The highest BCUT2D eigenvalue weighted by Crippen LogP contribution is 2.16. The summed E-state index contributed by atoms with van der Waals surface area (Å²) in [6.45, 7) is 3.45. The van der Waals surface area contributed by atoms with Gasteiger partial charge in [0.1, 0.15) is 0 Å². The van der Waals surface area contributed by atoms with Crippen molar-refractivity contribution in [2.24, 2.45) is 5.73 Å². The van der Waals surface area contributed by atoms with Gasteiger partial charge in [-0.05, 0) is 24.6 Å². The van der Waals surface area contributed by atoms with Crippen molar-refractivity contribution in [3.63, 3.8) is 0 Å². The molecular formula is C12H20N2O. The number of anilines is 1. The van der Waals surface area contributed by atoms with Crippen molar-refractivity contribution in [2.75, 3.05) is 25.7 Å². The molecule has 0 radical (unpaired) electrons. The zero-order valence-corrected chi connectivity index (χ0v) is 9.73. The van der Waals surface area contributed by atoms with Crippen molar-refractivity contribution < 1.29 is 4.74 Å². The molecule has 1 atom stereocenters. The van der Waals surface area contributed by atoms with E-state index in [1.807, 2.05) is 12.1 Å². The molecule has 0 aliphatic rings. The molecule has 2 N–H and O–H groups in total. The first-order chi connectivity index (χ1) is 7.19. The molecule has 1 rings (SSSR count). The average molecular weight is 208 g/mol. The van der Waals surface area contributed by atoms with Gasteiger partial charge in [-0.3, -0.25) is 0 Å². The van der Waals surface area contributed by atoms with Crippen molar-refractivity contribution in [1.82, 2.24) is 0 Å². The SMILES string of the molecule is COCC(C)N(C)c1cccc(CN)c1. The smallest absolute Gasteiger partial charge is 0.0663 e. The van der Waals surface area contributed by atoms with Crippen molar-refractivity contribution in [2.45, 2.75) is 19.5 Å². The van der Waals surface area contributed by atoms with E-state index >= 15 is 0 Å². The van der Waals surface area contributed by atoms with Crippen molar-refractivity contribution in [3.8, 4) is 0 Å². The number of likely N-dealkylation sites (N-methyl/N-ethyl adjacent to an activating group) is 1. The molecule has 1 aromatic rings. The zero-order valence-electron chi connectivity index (χ0n) is 9.73. The van der Waals surface area contributed by atoms with Crippen LogP contribution in [0.2, 0.25) is 0 Å². The van der Waals surface area contributed by atoms with Crippen LogP contribution in [0.5, 0.6) is 0 Å². The van der Waals surface area contributed by atoms with Crippen LogP contribution in [0.4, 0.5) is 5.69 Å². The summed E-state index contributed by atoms with van der Waals surface area (Å²) in [7, 11) is 3.79. The third-order valence-electron chi connectivity index (χ3n) is 2.62. The predicted octanol–water partition coefficient (Wildman–Crippen LogP) is 1.62. The maximum absolute atomic E-state index is 5.61. The number of rotatable bonds is 5. The largest absolute Gasteiger partial charge is 0.383 e. The standard InChI is InChI=1S/C12H20N2O/c1-10(9-15-3)14(2)12-6-4-5-11(7-12)8-13/h4-7,10H,8-9,13H2,1-3H3. The highest BCUT2D eigenvalue weighted by Gasteiger charge is 2.09. The number of ether oxygens (including phenoxy) is 1. The Bertz CT molecular complexity index is 301. The maximum Gasteiger partial charge on any atom is 0.0663 e. The van der Waals surface area contributed by atoms with Gasteiger partial charge in [-0.1, -0.05) is 12.1 Å². The van der Waals surface area contributed by atoms with Gasteiger partial charge >= 0.3 is 0 Å². The van der Waals surface area contributed by atoms with E-state index in [1.165, 1.54) is 5.69 Å². The molecule has 0 aliphatic heterocycles. The lowest BCUT2D eigenvalue weighted by atomic mass is 10.1. The van der Waals surface area contributed by atoms with Crippen LogP contribution in [0.3, 0.4) is 0 Å². The van der Waals surface area contributed by atoms with E-state index < -0.39 is 0 Å². The van der Waals surface area contributed by atoms with Gasteiger partial charge < -0.3 is 15.4 Å². The van der Waals surface area contributed by atoms with Crippen molar-refractivity contribution >= 4 is 5.69 Å². The molecule has 0 fully saturated rings. The highest BCUT2D eigenvalue weighted by atomic mass is 16.5. The predicted molar refractivity (Wildman–Crippen MR) is 64.1 cm³/mol. The normalized spacial score (nSPS) is 12.5. The molecule has 0 aromatic heterocycles. The average Bonchev–Trinajstić information content (AvgIpc) is 2.28. The fourth-order valence-corrected chi connectivity index (χ4v) is 1.51. The molecule has 3 nitrogen and oxygen atoms in total. The lowest BCUT2D eigenvalue weighted by molar-refractivity contribution is 0.183. The first-order valence-electron chi connectivity index (χ1n) is 5.19. The molecule has 0 saturated heterocycles. The minimum atomic E-state index is 0.364. The first kappa shape index (κ1) is 12.0. The van der Waals surface area contributed by atoms with E-state index in [0.717, 1.165) is 12.2 Å². The van der Waals surface area contributed by atoms with Gasteiger partial charge in [0.05, 0.1) is 6.61 Å². The number of hydrogen-bond acceptors (Lipinski definition) is 3. The van der Waals surface area contributed by atoms with Gasteiger partial charge in [0, 0.05) is 32.4 Å². The number of benzene rings is 1. The van der Waals surface area contributed by atoms with Crippen LogP contribution in [0.25, 0.3) is 0 Å². The van der Waals surface area contributed by atoms with Gasteiger partial charge in [-0.25, -0.2) is 0 Å². The van der Waals surface area contributed by atoms with E-state index in [-0.39, 0.29) is 0 Å². The van der Waals surface area contributed by atoms with Crippen LogP contribution in [-0.2, 0) is 11.3 Å². The summed E-state index contributed by atoms with van der Waals surface area (Å²) >= 11 is 0. The Morgan fingerprint density at radius 1 is 1.47 bits per heavy atom. The lowest BCUT2D eigenvalue weighted by Gasteiger charge is -2.26. The maximum atomic E-state index is 5.61. The van der Waals surface area contributed by atoms with E-state index in [4.69, 9.17) is 10.5 Å². The molecule has 0 heterocycles. The fourth-order valence-electron chi connectivity index (χ4n) is 1.51.